The van der Waals surface area contributed by atoms with E-state index in [-0.39, 0.29) is 10.8 Å². The third-order valence-electron chi connectivity index (χ3n) is 15.9. The largest absolute Gasteiger partial charge is 0.456 e. The molecule has 2 aliphatic carbocycles. The van der Waals surface area contributed by atoms with Crippen molar-refractivity contribution in [3.63, 3.8) is 0 Å². The molecule has 4 heteroatoms. The zero-order valence-corrected chi connectivity index (χ0v) is 40.0. The zero-order valence-electron chi connectivity index (χ0n) is 39.2. The van der Waals surface area contributed by atoms with E-state index in [1.54, 1.807) is 0 Å². The van der Waals surface area contributed by atoms with E-state index < -0.39 is 0 Å². The normalized spacial score (nSPS) is 14.2. The number of anilines is 3. The van der Waals surface area contributed by atoms with Gasteiger partial charge in [-0.15, -0.1) is 11.3 Å². The molecule has 0 N–H and O–H groups in total. The molecule has 0 unspecified atom stereocenters. The van der Waals surface area contributed by atoms with Crippen LogP contribution in [0.2, 0.25) is 0 Å². The lowest BCUT2D eigenvalue weighted by molar-refractivity contribution is 0.660. The highest BCUT2D eigenvalue weighted by Gasteiger charge is 2.38. The number of para-hydroxylation sites is 1. The molecule has 3 heterocycles. The van der Waals surface area contributed by atoms with Crippen LogP contribution in [0.1, 0.15) is 49.9 Å². The van der Waals surface area contributed by atoms with Crippen molar-refractivity contribution in [2.75, 3.05) is 4.90 Å². The molecule has 13 aromatic rings. The van der Waals surface area contributed by atoms with Crippen LogP contribution in [0.3, 0.4) is 0 Å². The number of hydrogen-bond donors (Lipinski definition) is 0. The lowest BCUT2D eigenvalue weighted by Crippen LogP contribution is -2.16. The molecule has 332 valence electrons. The maximum Gasteiger partial charge on any atom is 0.144 e. The van der Waals surface area contributed by atoms with Crippen LogP contribution in [0.4, 0.5) is 17.1 Å². The highest BCUT2D eigenvalue weighted by atomic mass is 32.1. The number of benzene rings is 10. The first-order valence-electron chi connectivity index (χ1n) is 24.3. The fourth-order valence-electron chi connectivity index (χ4n) is 12.5. The molecule has 0 saturated carbocycles. The van der Waals surface area contributed by atoms with Crippen LogP contribution in [0, 0.1) is 0 Å². The van der Waals surface area contributed by atoms with Gasteiger partial charge in [-0.3, -0.25) is 0 Å². The van der Waals surface area contributed by atoms with Crippen molar-refractivity contribution in [1.82, 2.24) is 0 Å². The first-order chi connectivity index (χ1) is 34.2. The molecule has 70 heavy (non-hydrogen) atoms. The van der Waals surface area contributed by atoms with Gasteiger partial charge >= 0.3 is 0 Å². The molecule has 0 aliphatic heterocycles. The van der Waals surface area contributed by atoms with Gasteiger partial charge in [0.15, 0.2) is 0 Å². The molecular weight excluding hydrogens is 871 g/mol. The van der Waals surface area contributed by atoms with Gasteiger partial charge in [0.05, 0.1) is 11.1 Å². The van der Waals surface area contributed by atoms with E-state index in [4.69, 9.17) is 8.83 Å². The van der Waals surface area contributed by atoms with E-state index in [2.05, 4.69) is 233 Å². The SMILES string of the molecule is CC1(C)c2ccccc2-c2ccc(-c3c4oc5cccc(N(c6ccc(-c7cccc8c7sc7ccccc78)cc6)c6ccc7c(c6)C(C)(C)c6ccccc6-7)c5c4cc4oc5ccccc5c34)cc21. The minimum atomic E-state index is -0.178. The molecule has 2 aliphatic rings. The Hall–Kier alpha value is -8.18. The first kappa shape index (κ1) is 39.8. The van der Waals surface area contributed by atoms with E-state index >= 15 is 0 Å². The van der Waals surface area contributed by atoms with E-state index in [0.29, 0.717) is 0 Å². The predicted octanol–water partition coefficient (Wildman–Crippen LogP) is 19.3. The van der Waals surface area contributed by atoms with Crippen LogP contribution in [0.15, 0.2) is 209 Å². The summed E-state index contributed by atoms with van der Waals surface area (Å²) in [6.45, 7) is 9.42. The van der Waals surface area contributed by atoms with Crippen molar-refractivity contribution in [2.45, 2.75) is 38.5 Å². The van der Waals surface area contributed by atoms with E-state index in [1.807, 2.05) is 11.3 Å². The van der Waals surface area contributed by atoms with Crippen molar-refractivity contribution in [1.29, 1.82) is 0 Å². The van der Waals surface area contributed by atoms with Crippen LogP contribution in [-0.4, -0.2) is 0 Å². The lowest BCUT2D eigenvalue weighted by atomic mass is 9.81. The van der Waals surface area contributed by atoms with Crippen molar-refractivity contribution in [3.8, 4) is 44.5 Å². The molecule has 0 saturated heterocycles. The maximum atomic E-state index is 7.29. The molecule has 0 radical (unpaired) electrons. The van der Waals surface area contributed by atoms with Crippen molar-refractivity contribution >= 4 is 92.4 Å². The second-order valence-corrected chi connectivity index (χ2v) is 21.4. The fourth-order valence-corrected chi connectivity index (χ4v) is 13.7. The Balaban J connectivity index is 0.975. The van der Waals surface area contributed by atoms with Gasteiger partial charge in [0, 0.05) is 64.1 Å². The minimum Gasteiger partial charge on any atom is -0.456 e. The highest BCUT2D eigenvalue weighted by Crippen LogP contribution is 2.55. The summed E-state index contributed by atoms with van der Waals surface area (Å²) in [5, 5.41) is 6.81. The maximum absolute atomic E-state index is 7.29. The number of hydrogen-bond acceptors (Lipinski definition) is 4. The van der Waals surface area contributed by atoms with E-state index in [0.717, 1.165) is 72.1 Å². The smallest absolute Gasteiger partial charge is 0.144 e. The number of fused-ring (bicyclic) bond motifs is 15. The van der Waals surface area contributed by atoms with Crippen molar-refractivity contribution in [3.05, 3.63) is 222 Å². The molecule has 0 spiro atoms. The second kappa shape index (κ2) is 14.2. The third-order valence-corrected chi connectivity index (χ3v) is 17.1. The van der Waals surface area contributed by atoms with Crippen LogP contribution in [0.25, 0.3) is 109 Å². The number of rotatable bonds is 5. The van der Waals surface area contributed by atoms with Crippen LogP contribution < -0.4 is 4.90 Å². The summed E-state index contributed by atoms with van der Waals surface area (Å²) >= 11 is 1.87. The first-order valence-corrected chi connectivity index (χ1v) is 25.1. The average molecular weight is 916 g/mol. The molecule has 0 atom stereocenters. The van der Waals surface area contributed by atoms with Gasteiger partial charge in [-0.1, -0.05) is 167 Å². The zero-order chi connectivity index (χ0) is 46.6. The van der Waals surface area contributed by atoms with Gasteiger partial charge in [0.25, 0.3) is 0 Å². The fraction of sp³-hybridized carbons (Fsp3) is 0.0909. The highest BCUT2D eigenvalue weighted by molar-refractivity contribution is 7.26. The minimum absolute atomic E-state index is 0.166. The van der Waals surface area contributed by atoms with Crippen LogP contribution in [-0.2, 0) is 10.8 Å². The van der Waals surface area contributed by atoms with Gasteiger partial charge in [-0.25, -0.2) is 0 Å². The number of thiophene rings is 1. The predicted molar refractivity (Wildman–Crippen MR) is 295 cm³/mol. The topological polar surface area (TPSA) is 29.5 Å². The number of furan rings is 2. The quantitative estimate of drug-likeness (QED) is 0.172. The summed E-state index contributed by atoms with van der Waals surface area (Å²) in [7, 11) is 0. The number of nitrogens with zero attached hydrogens (tertiary/aromatic N) is 1. The second-order valence-electron chi connectivity index (χ2n) is 20.3. The monoisotopic (exact) mass is 915 g/mol. The summed E-state index contributed by atoms with van der Waals surface area (Å²) in [5.41, 5.74) is 21.4. The summed E-state index contributed by atoms with van der Waals surface area (Å²) in [5.74, 6) is 0. The Bertz CT molecular complexity index is 4370. The summed E-state index contributed by atoms with van der Waals surface area (Å²) in [6, 6.07) is 73.6. The summed E-state index contributed by atoms with van der Waals surface area (Å²) in [6.07, 6.45) is 0. The summed E-state index contributed by atoms with van der Waals surface area (Å²) in [4.78, 5) is 2.44. The molecule has 3 nitrogen and oxygen atoms in total. The molecule has 15 rings (SSSR count). The van der Waals surface area contributed by atoms with Gasteiger partial charge in [-0.2, -0.15) is 0 Å². The van der Waals surface area contributed by atoms with Gasteiger partial charge in [0.2, 0.25) is 0 Å². The van der Waals surface area contributed by atoms with Gasteiger partial charge < -0.3 is 13.7 Å². The van der Waals surface area contributed by atoms with Crippen LogP contribution in [0.5, 0.6) is 0 Å². The molecule has 10 aromatic carbocycles. The van der Waals surface area contributed by atoms with Gasteiger partial charge in [-0.05, 0) is 122 Å². The molecular formula is C66H45NO2S. The Morgan fingerprint density at radius 2 is 0.971 bits per heavy atom. The van der Waals surface area contributed by atoms with Crippen molar-refractivity contribution in [2.24, 2.45) is 0 Å². The van der Waals surface area contributed by atoms with E-state index in [9.17, 15) is 0 Å². The molecule has 0 amide bonds. The standard InChI is InChI=1S/C66H45NO2S/c1-65(2)51-21-9-5-15-43(51)45-33-29-39(35-53(45)65)60-62-49-18-7-11-24-56(49)68-58(62)37-50-61-55(23-14-25-57(61)69-63(50)60)67(41-32-34-46-44-16-6-10-22-52(44)66(3,4)54(46)36-41)40-30-27-38(28-31-40)42-19-13-20-48-47-17-8-12-26-59(47)70-64(42)48/h5-37H,1-4H3. The Morgan fingerprint density at radius 3 is 1.76 bits per heavy atom. The van der Waals surface area contributed by atoms with Crippen LogP contribution >= 0.6 is 11.3 Å². The van der Waals surface area contributed by atoms with Crippen molar-refractivity contribution < 1.29 is 8.83 Å². The average Bonchev–Trinajstić information content (AvgIpc) is 4.18. The Labute approximate surface area is 409 Å². The lowest BCUT2D eigenvalue weighted by Gasteiger charge is -2.29. The Morgan fingerprint density at radius 1 is 0.386 bits per heavy atom. The molecule has 3 aromatic heterocycles. The Kier molecular flexibility index (Phi) is 8.07. The van der Waals surface area contributed by atoms with Gasteiger partial charge in [0.1, 0.15) is 22.3 Å². The summed E-state index contributed by atoms with van der Waals surface area (Å²) < 4.78 is 16.8. The third kappa shape index (κ3) is 5.40. The molecule has 0 fully saturated rings. The molecule has 0 bridgehead atoms. The van der Waals surface area contributed by atoms with E-state index in [1.165, 1.54) is 75.8 Å².